The summed E-state index contributed by atoms with van der Waals surface area (Å²) in [5.41, 5.74) is -0.541. The van der Waals surface area contributed by atoms with E-state index in [2.05, 4.69) is 0 Å². The van der Waals surface area contributed by atoms with Crippen LogP contribution in [0.3, 0.4) is 0 Å². The van der Waals surface area contributed by atoms with Gasteiger partial charge in [-0.05, 0) is 27.2 Å². The first-order valence-corrected chi connectivity index (χ1v) is 6.12. The van der Waals surface area contributed by atoms with Gasteiger partial charge in [0.05, 0.1) is 31.2 Å². The number of amides is 1. The van der Waals surface area contributed by atoms with Crippen molar-refractivity contribution in [1.82, 2.24) is 4.90 Å². The zero-order valence-electron chi connectivity index (χ0n) is 10.9. The predicted molar refractivity (Wildman–Crippen MR) is 62.2 cm³/mol. The van der Waals surface area contributed by atoms with Crippen molar-refractivity contribution in [1.29, 1.82) is 0 Å². The lowest BCUT2D eigenvalue weighted by atomic mass is 10.0. The Kier molecular flexibility index (Phi) is 3.23. The van der Waals surface area contributed by atoms with Gasteiger partial charge < -0.3 is 19.5 Å². The number of hydrogen-bond acceptors (Lipinski definition) is 4. The van der Waals surface area contributed by atoms with Gasteiger partial charge in [-0.2, -0.15) is 0 Å². The molecule has 1 amide bonds. The van der Waals surface area contributed by atoms with Gasteiger partial charge in [0.1, 0.15) is 5.60 Å². The minimum atomic E-state index is -0.853. The molecule has 0 aliphatic carbocycles. The second-order valence-electron chi connectivity index (χ2n) is 5.86. The first-order chi connectivity index (χ1) is 8.26. The van der Waals surface area contributed by atoms with E-state index >= 15 is 0 Å². The third-order valence-corrected chi connectivity index (χ3v) is 3.13. The highest BCUT2D eigenvalue weighted by atomic mass is 16.6. The van der Waals surface area contributed by atoms with Gasteiger partial charge in [-0.25, -0.2) is 4.79 Å². The second kappa shape index (κ2) is 4.42. The number of fused-ring (bicyclic) bond motifs is 2. The second-order valence-corrected chi connectivity index (χ2v) is 5.86. The van der Waals surface area contributed by atoms with Crippen LogP contribution >= 0.6 is 0 Å². The van der Waals surface area contributed by atoms with Crippen LogP contribution in [0.1, 0.15) is 27.2 Å². The maximum absolute atomic E-state index is 11.9. The number of hydrogen-bond donors (Lipinski definition) is 1. The lowest BCUT2D eigenvalue weighted by Gasteiger charge is -2.33. The molecule has 0 spiro atoms. The number of carboxylic acid groups (broad SMARTS) is 1. The number of nitrogens with zero attached hydrogens (tertiary/aromatic N) is 1. The Labute approximate surface area is 106 Å². The van der Waals surface area contributed by atoms with E-state index in [1.165, 1.54) is 0 Å². The zero-order chi connectivity index (χ0) is 13.5. The molecule has 1 N–H and O–H groups in total. The molecule has 6 heteroatoms. The van der Waals surface area contributed by atoms with Crippen molar-refractivity contribution in [2.75, 3.05) is 13.1 Å². The molecule has 2 aliphatic rings. The minimum Gasteiger partial charge on any atom is -0.481 e. The summed E-state index contributed by atoms with van der Waals surface area (Å²) in [5.74, 6) is -1.36. The van der Waals surface area contributed by atoms with Crippen LogP contribution in [0, 0.1) is 5.92 Å². The molecule has 102 valence electrons. The van der Waals surface area contributed by atoms with Crippen molar-refractivity contribution >= 4 is 12.1 Å². The quantitative estimate of drug-likeness (QED) is 0.761. The Morgan fingerprint density at radius 3 is 2.56 bits per heavy atom. The molecule has 0 aromatic carbocycles. The van der Waals surface area contributed by atoms with Crippen LogP contribution in [0.2, 0.25) is 0 Å². The molecular weight excluding hydrogens is 238 g/mol. The van der Waals surface area contributed by atoms with Crippen LogP contribution in [-0.2, 0) is 14.3 Å². The van der Waals surface area contributed by atoms with Gasteiger partial charge in [0, 0.05) is 0 Å². The number of carbonyl (C=O) groups is 2. The number of morpholine rings is 1. The summed E-state index contributed by atoms with van der Waals surface area (Å²) >= 11 is 0. The largest absolute Gasteiger partial charge is 0.481 e. The van der Waals surface area contributed by atoms with Crippen LogP contribution in [0.4, 0.5) is 4.79 Å². The molecule has 0 radical (unpaired) electrons. The van der Waals surface area contributed by atoms with Gasteiger partial charge in [-0.3, -0.25) is 4.79 Å². The van der Waals surface area contributed by atoms with Crippen molar-refractivity contribution in [3.8, 4) is 0 Å². The summed E-state index contributed by atoms with van der Waals surface area (Å²) < 4.78 is 10.8. The Morgan fingerprint density at radius 1 is 1.33 bits per heavy atom. The summed E-state index contributed by atoms with van der Waals surface area (Å²) in [7, 11) is 0. The summed E-state index contributed by atoms with van der Waals surface area (Å²) in [6.45, 7) is 6.12. The molecule has 0 saturated carbocycles. The smallest absolute Gasteiger partial charge is 0.410 e. The zero-order valence-corrected chi connectivity index (χ0v) is 10.9. The number of ether oxygens (including phenoxy) is 2. The molecule has 2 fully saturated rings. The molecule has 0 aromatic rings. The van der Waals surface area contributed by atoms with Crippen molar-refractivity contribution < 1.29 is 24.2 Å². The van der Waals surface area contributed by atoms with Gasteiger partial charge in [-0.1, -0.05) is 0 Å². The highest BCUT2D eigenvalue weighted by Crippen LogP contribution is 2.32. The summed E-state index contributed by atoms with van der Waals surface area (Å²) in [5, 5.41) is 9.06. The Balaban J connectivity index is 1.99. The molecule has 6 nitrogen and oxygen atoms in total. The van der Waals surface area contributed by atoms with Gasteiger partial charge >= 0.3 is 12.1 Å². The summed E-state index contributed by atoms with van der Waals surface area (Å²) in [6.07, 6.45) is -0.516. The average molecular weight is 257 g/mol. The van der Waals surface area contributed by atoms with E-state index in [1.807, 2.05) is 0 Å². The van der Waals surface area contributed by atoms with Crippen molar-refractivity contribution in [2.24, 2.45) is 5.92 Å². The number of carbonyl (C=O) groups excluding carboxylic acids is 1. The monoisotopic (exact) mass is 257 g/mol. The molecule has 0 aromatic heterocycles. The fourth-order valence-corrected chi connectivity index (χ4v) is 2.39. The maximum Gasteiger partial charge on any atom is 0.410 e. The van der Waals surface area contributed by atoms with Crippen LogP contribution in [0.25, 0.3) is 0 Å². The van der Waals surface area contributed by atoms with Gasteiger partial charge in [0.15, 0.2) is 0 Å². The molecule has 2 rings (SSSR count). The van der Waals surface area contributed by atoms with E-state index < -0.39 is 29.7 Å². The highest BCUT2D eigenvalue weighted by Gasteiger charge is 2.46. The molecule has 2 bridgehead atoms. The molecule has 2 saturated heterocycles. The Hall–Kier alpha value is -1.30. The molecule has 18 heavy (non-hydrogen) atoms. The number of likely N-dealkylation sites (tertiary alicyclic amines) is 1. The molecular formula is C12H19NO5. The van der Waals surface area contributed by atoms with Crippen LogP contribution in [-0.4, -0.2) is 53.0 Å². The lowest BCUT2D eigenvalue weighted by Crippen LogP contribution is -2.48. The first-order valence-electron chi connectivity index (χ1n) is 6.12. The van der Waals surface area contributed by atoms with Crippen LogP contribution in [0.5, 0.6) is 0 Å². The molecule has 2 heterocycles. The number of aliphatic carboxylic acids is 1. The molecule has 2 aliphatic heterocycles. The van der Waals surface area contributed by atoms with E-state index in [4.69, 9.17) is 14.6 Å². The predicted octanol–water partition coefficient (Wildman–Crippen LogP) is 1.10. The Bertz CT molecular complexity index is 362. The van der Waals surface area contributed by atoms with E-state index in [0.717, 1.165) is 0 Å². The number of rotatable bonds is 1. The van der Waals surface area contributed by atoms with Crippen molar-refractivity contribution in [2.45, 2.75) is 45.0 Å². The standard InChI is InChI=1S/C12H19NO5/c1-12(2,3)18-11(16)13-5-7-4-8(10(14)15)9(6-13)17-7/h7-9H,4-6H2,1-3H3,(H,14,15)/t7-,8-,9-/m1/s1. The normalized spacial score (nSPS) is 31.3. The Morgan fingerprint density at radius 2 is 2.00 bits per heavy atom. The first kappa shape index (κ1) is 13.1. The lowest BCUT2D eigenvalue weighted by molar-refractivity contribution is -0.144. The molecule has 3 atom stereocenters. The van der Waals surface area contributed by atoms with E-state index in [9.17, 15) is 9.59 Å². The maximum atomic E-state index is 11.9. The van der Waals surface area contributed by atoms with Crippen LogP contribution in [0.15, 0.2) is 0 Å². The van der Waals surface area contributed by atoms with E-state index in [1.54, 1.807) is 25.7 Å². The minimum absolute atomic E-state index is 0.183. The number of carboxylic acids is 1. The topological polar surface area (TPSA) is 76.1 Å². The van der Waals surface area contributed by atoms with Gasteiger partial charge in [-0.15, -0.1) is 0 Å². The summed E-state index contributed by atoms with van der Waals surface area (Å²) in [6, 6.07) is 0. The molecule has 0 unspecified atom stereocenters. The third kappa shape index (κ3) is 2.75. The fraction of sp³-hybridized carbons (Fsp3) is 0.833. The van der Waals surface area contributed by atoms with Gasteiger partial charge in [0.25, 0.3) is 0 Å². The van der Waals surface area contributed by atoms with Crippen molar-refractivity contribution in [3.63, 3.8) is 0 Å². The third-order valence-electron chi connectivity index (χ3n) is 3.13. The summed E-state index contributed by atoms with van der Waals surface area (Å²) in [4.78, 5) is 24.5. The highest BCUT2D eigenvalue weighted by molar-refractivity contribution is 5.72. The van der Waals surface area contributed by atoms with Gasteiger partial charge in [0.2, 0.25) is 0 Å². The van der Waals surface area contributed by atoms with E-state index in [0.29, 0.717) is 19.5 Å². The average Bonchev–Trinajstić information content (AvgIpc) is 2.51. The van der Waals surface area contributed by atoms with E-state index in [-0.39, 0.29) is 6.10 Å². The SMILES string of the molecule is CC(C)(C)OC(=O)N1C[C@H]2C[C@@H](C(=O)O)[C@@H](C1)O2. The van der Waals surface area contributed by atoms with Crippen molar-refractivity contribution in [3.05, 3.63) is 0 Å². The fourth-order valence-electron chi connectivity index (χ4n) is 2.39. The van der Waals surface area contributed by atoms with Crippen LogP contribution < -0.4 is 0 Å².